The molecule has 0 aliphatic carbocycles. The quantitative estimate of drug-likeness (QED) is 0.457. The number of nitrogens with one attached hydrogen (secondary N) is 2. The zero-order chi connectivity index (χ0) is 28.1. The van der Waals surface area contributed by atoms with Crippen molar-refractivity contribution in [3.63, 3.8) is 0 Å². The van der Waals surface area contributed by atoms with Crippen LogP contribution < -0.4 is 10.6 Å². The largest absolute Gasteiger partial charge is 0.444 e. The van der Waals surface area contributed by atoms with Crippen LogP contribution in [-0.2, 0) is 14.3 Å². The number of hydrogen-bond acceptors (Lipinski definition) is 4. The van der Waals surface area contributed by atoms with E-state index in [0.29, 0.717) is 6.42 Å². The number of ether oxygens (including phenoxy) is 1. The first kappa shape index (κ1) is 29.9. The first-order valence-corrected chi connectivity index (χ1v) is 12.9. The van der Waals surface area contributed by atoms with E-state index in [1.54, 1.807) is 27.8 Å². The molecule has 2 rings (SSSR count). The average Bonchev–Trinajstić information content (AvgIpc) is 2.80. The van der Waals surface area contributed by atoms with Crippen LogP contribution in [0.4, 0.5) is 10.5 Å². The summed E-state index contributed by atoms with van der Waals surface area (Å²) in [5.41, 5.74) is 4.51. The van der Waals surface area contributed by atoms with E-state index >= 15 is 0 Å². The molecule has 0 fully saturated rings. The number of aryl methyl sites for hydroxylation is 4. The highest BCUT2D eigenvalue weighted by Crippen LogP contribution is 2.29. The molecule has 2 aromatic carbocycles. The lowest BCUT2D eigenvalue weighted by atomic mass is 9.94. The molecule has 0 saturated heterocycles. The van der Waals surface area contributed by atoms with Crippen LogP contribution in [0.25, 0.3) is 0 Å². The molecule has 3 atom stereocenters. The smallest absolute Gasteiger partial charge is 0.408 e. The van der Waals surface area contributed by atoms with Crippen LogP contribution in [0, 0.1) is 33.6 Å². The summed E-state index contributed by atoms with van der Waals surface area (Å²) in [7, 11) is 1.62. The molecule has 7 heteroatoms. The van der Waals surface area contributed by atoms with E-state index in [2.05, 4.69) is 10.6 Å². The summed E-state index contributed by atoms with van der Waals surface area (Å²) in [6.07, 6.45) is -0.00851. The summed E-state index contributed by atoms with van der Waals surface area (Å²) in [4.78, 5) is 41.9. The van der Waals surface area contributed by atoms with Crippen molar-refractivity contribution in [3.8, 4) is 0 Å². The molecule has 202 valence electrons. The molecule has 0 heterocycles. The first-order valence-electron chi connectivity index (χ1n) is 12.9. The Kier molecular flexibility index (Phi) is 9.90. The van der Waals surface area contributed by atoms with Crippen molar-refractivity contribution in [3.05, 3.63) is 64.2 Å². The predicted molar refractivity (Wildman–Crippen MR) is 149 cm³/mol. The monoisotopic (exact) mass is 509 g/mol. The lowest BCUT2D eigenvalue weighted by Crippen LogP contribution is -2.53. The second-order valence-electron chi connectivity index (χ2n) is 11.0. The molecular formula is C30H43N3O4. The van der Waals surface area contributed by atoms with Gasteiger partial charge in [-0.2, -0.15) is 0 Å². The number of nitrogens with zero attached hydrogens (tertiary/aromatic N) is 1. The summed E-state index contributed by atoms with van der Waals surface area (Å²) >= 11 is 0. The molecular weight excluding hydrogens is 466 g/mol. The highest BCUT2D eigenvalue weighted by molar-refractivity contribution is 6.00. The summed E-state index contributed by atoms with van der Waals surface area (Å²) in [6.45, 7) is 16.9. The van der Waals surface area contributed by atoms with Gasteiger partial charge in [0.1, 0.15) is 17.7 Å². The fourth-order valence-electron chi connectivity index (χ4n) is 4.25. The van der Waals surface area contributed by atoms with Crippen molar-refractivity contribution in [2.45, 2.75) is 86.4 Å². The maximum absolute atomic E-state index is 13.9. The molecule has 0 bridgehead atoms. The zero-order valence-corrected chi connectivity index (χ0v) is 24.0. The van der Waals surface area contributed by atoms with E-state index in [1.165, 1.54) is 4.90 Å². The van der Waals surface area contributed by atoms with Gasteiger partial charge in [0.15, 0.2) is 0 Å². The van der Waals surface area contributed by atoms with Crippen molar-refractivity contribution in [2.24, 2.45) is 5.92 Å². The number of rotatable bonds is 8. The van der Waals surface area contributed by atoms with Crippen molar-refractivity contribution >= 4 is 23.6 Å². The summed E-state index contributed by atoms with van der Waals surface area (Å²) in [6, 6.07) is 9.93. The Morgan fingerprint density at radius 3 is 2.11 bits per heavy atom. The second-order valence-corrected chi connectivity index (χ2v) is 11.0. The fraction of sp³-hybridized carbons (Fsp3) is 0.500. The lowest BCUT2D eigenvalue weighted by molar-refractivity contribution is -0.140. The van der Waals surface area contributed by atoms with Gasteiger partial charge in [-0.3, -0.25) is 9.59 Å². The highest BCUT2D eigenvalue weighted by atomic mass is 16.6. The van der Waals surface area contributed by atoms with E-state index in [9.17, 15) is 14.4 Å². The Bertz CT molecular complexity index is 1120. The summed E-state index contributed by atoms with van der Waals surface area (Å²) in [5, 5.41) is 5.83. The van der Waals surface area contributed by atoms with Gasteiger partial charge in [0.2, 0.25) is 5.91 Å². The van der Waals surface area contributed by atoms with Gasteiger partial charge < -0.3 is 20.3 Å². The van der Waals surface area contributed by atoms with Gasteiger partial charge in [-0.15, -0.1) is 0 Å². The van der Waals surface area contributed by atoms with E-state index < -0.39 is 23.8 Å². The first-order chi connectivity index (χ1) is 17.2. The van der Waals surface area contributed by atoms with Crippen LogP contribution in [0.1, 0.15) is 74.9 Å². The van der Waals surface area contributed by atoms with Crippen LogP contribution in [-0.4, -0.2) is 41.5 Å². The SMILES string of the molecule is CCC(C)C(NC(=O)OC(C)(C)C)C(=O)N(C)C(C(=O)Nc1c(C)cccc1C)c1cc(C)ccc1C. The molecule has 2 N–H and O–H groups in total. The molecule has 0 saturated carbocycles. The van der Waals surface area contributed by atoms with Gasteiger partial charge in [0, 0.05) is 12.7 Å². The topological polar surface area (TPSA) is 87.7 Å². The molecule has 7 nitrogen and oxygen atoms in total. The number of likely N-dealkylation sites (N-methyl/N-ethyl adjacent to an activating group) is 1. The molecule has 3 amide bonds. The van der Waals surface area contributed by atoms with Crippen LogP contribution >= 0.6 is 0 Å². The predicted octanol–water partition coefficient (Wildman–Crippen LogP) is 6.00. The fourth-order valence-corrected chi connectivity index (χ4v) is 4.25. The van der Waals surface area contributed by atoms with Crippen LogP contribution in [0.15, 0.2) is 36.4 Å². The van der Waals surface area contributed by atoms with Crippen LogP contribution in [0.5, 0.6) is 0 Å². The highest BCUT2D eigenvalue weighted by Gasteiger charge is 2.37. The van der Waals surface area contributed by atoms with Crippen LogP contribution in [0.3, 0.4) is 0 Å². The number of carbonyl (C=O) groups is 3. The van der Waals surface area contributed by atoms with E-state index in [0.717, 1.165) is 33.5 Å². The Morgan fingerprint density at radius 2 is 1.57 bits per heavy atom. The van der Waals surface area contributed by atoms with Crippen molar-refractivity contribution in [1.29, 1.82) is 0 Å². The van der Waals surface area contributed by atoms with Crippen molar-refractivity contribution in [1.82, 2.24) is 10.2 Å². The molecule has 37 heavy (non-hydrogen) atoms. The van der Waals surface area contributed by atoms with Gasteiger partial charge in [-0.25, -0.2) is 4.79 Å². The second kappa shape index (κ2) is 12.3. The number of amides is 3. The third kappa shape index (κ3) is 7.81. The number of hydrogen-bond donors (Lipinski definition) is 2. The summed E-state index contributed by atoms with van der Waals surface area (Å²) < 4.78 is 5.43. The standard InChI is InChI=1S/C30H43N3O4/c1-11-19(3)25(32-29(36)37-30(7,8)9)28(35)33(10)26(23-17-18(2)15-16-20(23)4)27(34)31-24-21(5)13-12-14-22(24)6/h12-17,19,25-26H,11H2,1-10H3,(H,31,34)(H,32,36). The Balaban J connectivity index is 2.51. The third-order valence-electron chi connectivity index (χ3n) is 6.59. The van der Waals surface area contributed by atoms with Gasteiger partial charge in [0.05, 0.1) is 0 Å². The maximum Gasteiger partial charge on any atom is 0.408 e. The minimum absolute atomic E-state index is 0.177. The number of anilines is 1. The molecule has 0 aromatic heterocycles. The number of alkyl carbamates (subject to hydrolysis) is 1. The minimum Gasteiger partial charge on any atom is -0.444 e. The third-order valence-corrected chi connectivity index (χ3v) is 6.59. The van der Waals surface area contributed by atoms with Gasteiger partial charge in [-0.05, 0) is 76.6 Å². The van der Waals surface area contributed by atoms with Gasteiger partial charge >= 0.3 is 6.09 Å². The van der Waals surface area contributed by atoms with Gasteiger partial charge in [-0.1, -0.05) is 62.2 Å². The molecule has 0 aliphatic heterocycles. The van der Waals surface area contributed by atoms with Crippen LogP contribution in [0.2, 0.25) is 0 Å². The maximum atomic E-state index is 13.9. The number of para-hydroxylation sites is 1. The van der Waals surface area contributed by atoms with Crippen molar-refractivity contribution < 1.29 is 19.1 Å². The zero-order valence-electron chi connectivity index (χ0n) is 24.0. The molecule has 0 radical (unpaired) electrons. The van der Waals surface area contributed by atoms with Crippen molar-refractivity contribution in [2.75, 3.05) is 12.4 Å². The molecule has 3 unspecified atom stereocenters. The molecule has 2 aromatic rings. The Labute approximate surface area is 222 Å². The van der Waals surface area contributed by atoms with E-state index in [-0.39, 0.29) is 17.7 Å². The van der Waals surface area contributed by atoms with Gasteiger partial charge in [0.25, 0.3) is 5.91 Å². The average molecular weight is 510 g/mol. The molecule has 0 aliphatic rings. The van der Waals surface area contributed by atoms with E-state index in [1.807, 2.05) is 77.9 Å². The lowest BCUT2D eigenvalue weighted by Gasteiger charge is -2.34. The Hall–Kier alpha value is -3.35. The number of carbonyl (C=O) groups excluding carboxylic acids is 3. The molecule has 0 spiro atoms. The summed E-state index contributed by atoms with van der Waals surface area (Å²) in [5.74, 6) is -0.853. The minimum atomic E-state index is -0.904. The normalized spacial score (nSPS) is 13.8. The number of benzene rings is 2. The van der Waals surface area contributed by atoms with E-state index in [4.69, 9.17) is 4.74 Å². The Morgan fingerprint density at radius 1 is 0.973 bits per heavy atom.